The predicted molar refractivity (Wildman–Crippen MR) is 137 cm³/mol. The van der Waals surface area contributed by atoms with Gasteiger partial charge in [-0.3, -0.25) is 4.79 Å². The lowest BCUT2D eigenvalue weighted by atomic mass is 9.93. The van der Waals surface area contributed by atoms with E-state index < -0.39 is 0 Å². The molecule has 2 heterocycles. The lowest BCUT2D eigenvalue weighted by Gasteiger charge is -2.20. The SMILES string of the molecule is CC(C)(C)[CH]COc1ccc(C(=O)N2CCOc3ccc(-c4ccc5nc[nH]c5c4)cc3C2)cc1. The van der Waals surface area contributed by atoms with Crippen molar-refractivity contribution in [2.75, 3.05) is 19.8 Å². The summed E-state index contributed by atoms with van der Waals surface area (Å²) in [7, 11) is 0. The van der Waals surface area contributed by atoms with Crippen molar-refractivity contribution in [3.8, 4) is 22.6 Å². The van der Waals surface area contributed by atoms with Crippen LogP contribution in [0.4, 0.5) is 0 Å². The smallest absolute Gasteiger partial charge is 0.254 e. The molecule has 1 aliphatic rings. The Bertz CT molecular complexity index is 1340. The van der Waals surface area contributed by atoms with Crippen LogP contribution in [0.15, 0.2) is 67.0 Å². The van der Waals surface area contributed by atoms with Crippen LogP contribution in [0.25, 0.3) is 22.2 Å². The van der Waals surface area contributed by atoms with E-state index in [9.17, 15) is 4.79 Å². The van der Waals surface area contributed by atoms with Crippen LogP contribution in [0, 0.1) is 11.8 Å². The average molecular weight is 469 g/mol. The fraction of sp³-hybridized carbons (Fsp3) is 0.276. The summed E-state index contributed by atoms with van der Waals surface area (Å²) in [6.45, 7) is 8.44. The number of carbonyl (C=O) groups excluding carboxylic acids is 1. The number of H-pyrrole nitrogens is 1. The molecule has 1 radical (unpaired) electrons. The molecule has 1 amide bonds. The molecule has 0 aliphatic carbocycles. The van der Waals surface area contributed by atoms with E-state index in [-0.39, 0.29) is 11.3 Å². The number of nitrogens with zero attached hydrogens (tertiary/aromatic N) is 2. The summed E-state index contributed by atoms with van der Waals surface area (Å²) in [5.74, 6) is 1.56. The van der Waals surface area contributed by atoms with Gasteiger partial charge in [0.1, 0.15) is 18.1 Å². The maximum atomic E-state index is 13.3. The van der Waals surface area contributed by atoms with Crippen LogP contribution in [0.2, 0.25) is 0 Å². The highest BCUT2D eigenvalue weighted by Gasteiger charge is 2.22. The van der Waals surface area contributed by atoms with Crippen LogP contribution in [-0.4, -0.2) is 40.5 Å². The van der Waals surface area contributed by atoms with Crippen molar-refractivity contribution in [1.29, 1.82) is 0 Å². The van der Waals surface area contributed by atoms with Gasteiger partial charge in [-0.25, -0.2) is 4.98 Å². The molecule has 35 heavy (non-hydrogen) atoms. The normalized spacial score (nSPS) is 13.7. The number of carbonyl (C=O) groups is 1. The molecule has 1 N–H and O–H groups in total. The van der Waals surface area contributed by atoms with Gasteiger partial charge in [-0.2, -0.15) is 0 Å². The third-order valence-corrected chi connectivity index (χ3v) is 6.13. The quantitative estimate of drug-likeness (QED) is 0.396. The fourth-order valence-corrected chi connectivity index (χ4v) is 4.13. The van der Waals surface area contributed by atoms with E-state index in [1.807, 2.05) is 41.3 Å². The molecule has 0 saturated carbocycles. The number of nitrogens with one attached hydrogen (secondary N) is 1. The second kappa shape index (κ2) is 9.45. The number of rotatable bonds is 5. The number of aromatic amines is 1. The summed E-state index contributed by atoms with van der Waals surface area (Å²) in [5.41, 5.74) is 5.84. The van der Waals surface area contributed by atoms with E-state index in [0.29, 0.717) is 31.9 Å². The Morgan fingerprint density at radius 3 is 2.66 bits per heavy atom. The molecule has 179 valence electrons. The summed E-state index contributed by atoms with van der Waals surface area (Å²) in [4.78, 5) is 22.6. The van der Waals surface area contributed by atoms with Crippen LogP contribution in [0.1, 0.15) is 36.7 Å². The van der Waals surface area contributed by atoms with Gasteiger partial charge >= 0.3 is 0 Å². The van der Waals surface area contributed by atoms with Crippen molar-refractivity contribution in [3.05, 3.63) is 84.5 Å². The highest BCUT2D eigenvalue weighted by molar-refractivity contribution is 5.94. The number of imidazole rings is 1. The van der Waals surface area contributed by atoms with Crippen LogP contribution in [-0.2, 0) is 6.54 Å². The molecule has 3 aromatic carbocycles. The highest BCUT2D eigenvalue weighted by atomic mass is 16.5. The molecule has 1 aromatic heterocycles. The van der Waals surface area contributed by atoms with Gasteiger partial charge < -0.3 is 19.4 Å². The summed E-state index contributed by atoms with van der Waals surface area (Å²) in [5, 5.41) is 0. The Morgan fingerprint density at radius 2 is 1.86 bits per heavy atom. The molecule has 0 fully saturated rings. The highest BCUT2D eigenvalue weighted by Crippen LogP contribution is 2.31. The molecular formula is C29H30N3O3. The molecule has 0 atom stereocenters. The number of hydrogen-bond donors (Lipinski definition) is 1. The van der Waals surface area contributed by atoms with E-state index in [1.54, 1.807) is 6.33 Å². The third kappa shape index (κ3) is 5.32. The van der Waals surface area contributed by atoms with Crippen molar-refractivity contribution < 1.29 is 14.3 Å². The van der Waals surface area contributed by atoms with Crippen molar-refractivity contribution in [2.45, 2.75) is 27.3 Å². The van der Waals surface area contributed by atoms with E-state index in [4.69, 9.17) is 9.47 Å². The Kier molecular flexibility index (Phi) is 6.20. The molecule has 0 bridgehead atoms. The van der Waals surface area contributed by atoms with Gasteiger partial charge in [0.05, 0.1) is 30.5 Å². The number of amides is 1. The minimum absolute atomic E-state index is 0.0152. The first-order chi connectivity index (χ1) is 16.9. The maximum Gasteiger partial charge on any atom is 0.254 e. The zero-order chi connectivity index (χ0) is 24.4. The van der Waals surface area contributed by atoms with E-state index in [0.717, 1.165) is 39.2 Å². The maximum absolute atomic E-state index is 13.3. The monoisotopic (exact) mass is 468 g/mol. The molecule has 0 spiro atoms. The molecule has 6 heteroatoms. The summed E-state index contributed by atoms with van der Waals surface area (Å²) in [6.07, 6.45) is 3.83. The van der Waals surface area contributed by atoms with Gasteiger partial charge in [0, 0.05) is 24.1 Å². The van der Waals surface area contributed by atoms with E-state index in [2.05, 4.69) is 61.4 Å². The number of ether oxygens (including phenoxy) is 2. The standard InChI is InChI=1S/C29H30N3O3/c1-29(2,3)12-14-34-24-8-4-20(5-9-24)28(33)32-13-15-35-27-11-7-21(16-23(27)18-32)22-6-10-25-26(17-22)31-19-30-25/h4-12,16-17,19H,13-15,18H2,1-3H3,(H,30,31). The third-order valence-electron chi connectivity index (χ3n) is 6.13. The minimum Gasteiger partial charge on any atom is -0.493 e. The van der Waals surface area contributed by atoms with Gasteiger partial charge in [0.2, 0.25) is 0 Å². The number of aromatic nitrogens is 2. The largest absolute Gasteiger partial charge is 0.493 e. The Hall–Kier alpha value is -3.80. The molecular weight excluding hydrogens is 438 g/mol. The minimum atomic E-state index is -0.0152. The zero-order valence-corrected chi connectivity index (χ0v) is 20.4. The van der Waals surface area contributed by atoms with Crippen LogP contribution in [0.3, 0.4) is 0 Å². The van der Waals surface area contributed by atoms with Gasteiger partial charge in [-0.15, -0.1) is 0 Å². The summed E-state index contributed by atoms with van der Waals surface area (Å²) in [6, 6.07) is 19.7. The molecule has 1 aliphatic heterocycles. The number of benzene rings is 3. The summed E-state index contributed by atoms with van der Waals surface area (Å²) >= 11 is 0. The second-order valence-electron chi connectivity index (χ2n) is 9.94. The van der Waals surface area contributed by atoms with Crippen molar-refractivity contribution in [1.82, 2.24) is 14.9 Å². The molecule has 6 nitrogen and oxygen atoms in total. The number of fused-ring (bicyclic) bond motifs is 2. The van der Waals surface area contributed by atoms with Gasteiger partial charge in [-0.05, 0) is 65.1 Å². The molecule has 4 aromatic rings. The lowest BCUT2D eigenvalue weighted by molar-refractivity contribution is 0.0733. The predicted octanol–water partition coefficient (Wildman–Crippen LogP) is 5.89. The molecule has 5 rings (SSSR count). The first-order valence-corrected chi connectivity index (χ1v) is 11.9. The molecule has 0 unspecified atom stereocenters. The topological polar surface area (TPSA) is 67.4 Å². The zero-order valence-electron chi connectivity index (χ0n) is 20.4. The van der Waals surface area contributed by atoms with Crippen LogP contribution in [0.5, 0.6) is 11.5 Å². The van der Waals surface area contributed by atoms with E-state index >= 15 is 0 Å². The van der Waals surface area contributed by atoms with Gasteiger partial charge in [0.15, 0.2) is 0 Å². The van der Waals surface area contributed by atoms with Crippen molar-refractivity contribution in [2.24, 2.45) is 5.41 Å². The van der Waals surface area contributed by atoms with Crippen LogP contribution >= 0.6 is 0 Å². The van der Waals surface area contributed by atoms with E-state index in [1.165, 1.54) is 0 Å². The number of hydrogen-bond acceptors (Lipinski definition) is 4. The van der Waals surface area contributed by atoms with Crippen LogP contribution < -0.4 is 9.47 Å². The lowest BCUT2D eigenvalue weighted by Crippen LogP contribution is -2.32. The second-order valence-corrected chi connectivity index (χ2v) is 9.94. The first-order valence-electron chi connectivity index (χ1n) is 11.9. The Labute approximate surface area is 205 Å². The average Bonchev–Trinajstić information content (AvgIpc) is 3.21. The van der Waals surface area contributed by atoms with Crippen molar-refractivity contribution in [3.63, 3.8) is 0 Å². The Balaban J connectivity index is 1.31. The van der Waals surface area contributed by atoms with Crippen molar-refractivity contribution >= 4 is 16.9 Å². The molecule has 0 saturated heterocycles. The van der Waals surface area contributed by atoms with Gasteiger partial charge in [-0.1, -0.05) is 32.9 Å². The Morgan fingerprint density at radius 1 is 1.09 bits per heavy atom. The summed E-state index contributed by atoms with van der Waals surface area (Å²) < 4.78 is 11.8. The van der Waals surface area contributed by atoms with Gasteiger partial charge in [0.25, 0.3) is 5.91 Å². The fourth-order valence-electron chi connectivity index (χ4n) is 4.13. The first kappa shape index (κ1) is 23.0.